The van der Waals surface area contributed by atoms with Crippen molar-refractivity contribution in [3.05, 3.63) is 65.2 Å². The highest BCUT2D eigenvalue weighted by Gasteiger charge is 2.19. The maximum absolute atomic E-state index is 12.1. The lowest BCUT2D eigenvalue weighted by molar-refractivity contribution is -0.129. The summed E-state index contributed by atoms with van der Waals surface area (Å²) in [7, 11) is -4.18. The summed E-state index contributed by atoms with van der Waals surface area (Å²) in [5.41, 5.74) is 1.70. The minimum Gasteiger partial charge on any atom is -0.476 e. The fourth-order valence-corrected chi connectivity index (χ4v) is 2.68. The number of aryl methyl sites for hydroxylation is 2. The number of oxime groups is 1. The van der Waals surface area contributed by atoms with E-state index in [1.165, 1.54) is 12.1 Å². The summed E-state index contributed by atoms with van der Waals surface area (Å²) in [5.74, 6) is -1.38. The van der Waals surface area contributed by atoms with E-state index in [-0.39, 0.29) is 10.5 Å². The predicted octanol–water partition coefficient (Wildman–Crippen LogP) is 2.75. The van der Waals surface area contributed by atoms with Gasteiger partial charge in [-0.3, -0.25) is 4.28 Å². The molecule has 0 aliphatic heterocycles. The van der Waals surface area contributed by atoms with Gasteiger partial charge in [-0.05, 0) is 31.0 Å². The molecule has 0 atom stereocenters. The Balaban J connectivity index is 2.30. The first kappa shape index (κ1) is 17.7. The molecule has 0 radical (unpaired) electrons. The molecule has 1 N–H and O–H groups in total. The van der Waals surface area contributed by atoms with Crippen LogP contribution in [0.1, 0.15) is 23.6 Å². The SMILES string of the molecule is CCc1ccc(C(=NOS(=O)(=O)c2ccc(C)cc2)C(=O)O)cc1. The van der Waals surface area contributed by atoms with Gasteiger partial charge in [-0.2, -0.15) is 8.42 Å². The Kier molecular flexibility index (Phi) is 5.35. The molecule has 0 aliphatic rings. The quantitative estimate of drug-likeness (QED) is 0.640. The average molecular weight is 347 g/mol. The highest BCUT2D eigenvalue weighted by atomic mass is 32.2. The first-order chi connectivity index (χ1) is 11.3. The topological polar surface area (TPSA) is 93.0 Å². The molecule has 126 valence electrons. The van der Waals surface area contributed by atoms with Crippen molar-refractivity contribution >= 4 is 21.8 Å². The smallest absolute Gasteiger partial charge is 0.358 e. The summed E-state index contributed by atoms with van der Waals surface area (Å²) < 4.78 is 28.7. The Hall–Kier alpha value is -2.67. The van der Waals surface area contributed by atoms with Gasteiger partial charge >= 0.3 is 16.1 Å². The van der Waals surface area contributed by atoms with Gasteiger partial charge in [0, 0.05) is 5.56 Å². The fraction of sp³-hybridized carbons (Fsp3) is 0.176. The van der Waals surface area contributed by atoms with Crippen LogP contribution in [0.3, 0.4) is 0 Å². The van der Waals surface area contributed by atoms with Crippen LogP contribution in [-0.2, 0) is 25.6 Å². The van der Waals surface area contributed by atoms with Gasteiger partial charge in [-0.25, -0.2) is 4.79 Å². The predicted molar refractivity (Wildman–Crippen MR) is 89.4 cm³/mol. The third-order valence-electron chi connectivity index (χ3n) is 3.37. The summed E-state index contributed by atoms with van der Waals surface area (Å²) in [6, 6.07) is 12.6. The number of nitrogens with zero attached hydrogens (tertiary/aromatic N) is 1. The lowest BCUT2D eigenvalue weighted by atomic mass is 10.1. The summed E-state index contributed by atoms with van der Waals surface area (Å²) in [4.78, 5) is 11.3. The number of carbonyl (C=O) groups is 1. The number of rotatable bonds is 6. The standard InChI is InChI=1S/C17H17NO5S/c1-3-13-6-8-14(9-7-13)16(17(19)20)18-23-24(21,22)15-10-4-12(2)5-11-15/h4-11H,3H2,1-2H3,(H,19,20). The number of benzene rings is 2. The van der Waals surface area contributed by atoms with Crippen LogP contribution in [0.4, 0.5) is 0 Å². The normalized spacial score (nSPS) is 12.0. The zero-order valence-corrected chi connectivity index (χ0v) is 14.1. The van der Waals surface area contributed by atoms with Crippen LogP contribution < -0.4 is 0 Å². The van der Waals surface area contributed by atoms with Gasteiger partial charge in [-0.15, -0.1) is 0 Å². The van der Waals surface area contributed by atoms with E-state index in [1.807, 2.05) is 13.8 Å². The first-order valence-electron chi connectivity index (χ1n) is 7.24. The third kappa shape index (κ3) is 4.20. The van der Waals surface area contributed by atoms with Crippen molar-refractivity contribution in [1.82, 2.24) is 0 Å². The maximum Gasteiger partial charge on any atom is 0.358 e. The van der Waals surface area contributed by atoms with E-state index in [0.717, 1.165) is 17.5 Å². The van der Waals surface area contributed by atoms with Gasteiger partial charge in [0.2, 0.25) is 0 Å². The van der Waals surface area contributed by atoms with Crippen LogP contribution in [0.2, 0.25) is 0 Å². The molecule has 0 aromatic heterocycles. The van der Waals surface area contributed by atoms with Crippen molar-refractivity contribution in [3.63, 3.8) is 0 Å². The summed E-state index contributed by atoms with van der Waals surface area (Å²) >= 11 is 0. The van der Waals surface area contributed by atoms with Crippen LogP contribution in [0, 0.1) is 6.92 Å². The zero-order valence-electron chi connectivity index (χ0n) is 13.3. The van der Waals surface area contributed by atoms with E-state index < -0.39 is 21.8 Å². The summed E-state index contributed by atoms with van der Waals surface area (Å²) in [5, 5.41) is 12.6. The Morgan fingerprint density at radius 3 is 2.17 bits per heavy atom. The molecule has 7 heteroatoms. The Morgan fingerprint density at radius 2 is 1.67 bits per heavy atom. The van der Waals surface area contributed by atoms with Gasteiger partial charge in [0.1, 0.15) is 4.90 Å². The molecule has 0 saturated carbocycles. The van der Waals surface area contributed by atoms with Gasteiger partial charge in [0.15, 0.2) is 5.71 Å². The second-order valence-electron chi connectivity index (χ2n) is 5.14. The van der Waals surface area contributed by atoms with Crippen molar-refractivity contribution in [1.29, 1.82) is 0 Å². The molecule has 24 heavy (non-hydrogen) atoms. The van der Waals surface area contributed by atoms with E-state index in [0.29, 0.717) is 0 Å². The van der Waals surface area contributed by atoms with Crippen LogP contribution >= 0.6 is 0 Å². The average Bonchev–Trinajstić information content (AvgIpc) is 2.55. The minimum absolute atomic E-state index is 0.0945. The highest BCUT2D eigenvalue weighted by Crippen LogP contribution is 2.15. The third-order valence-corrected chi connectivity index (χ3v) is 4.49. The zero-order chi connectivity index (χ0) is 17.7. The molecule has 2 aromatic carbocycles. The number of carboxylic acids is 1. The second kappa shape index (κ2) is 7.27. The number of aliphatic carboxylic acids is 1. The van der Waals surface area contributed by atoms with E-state index in [1.54, 1.807) is 36.4 Å². The number of hydrogen-bond acceptors (Lipinski definition) is 5. The van der Waals surface area contributed by atoms with Gasteiger partial charge in [0.05, 0.1) is 0 Å². The van der Waals surface area contributed by atoms with E-state index in [4.69, 9.17) is 0 Å². The summed E-state index contributed by atoms with van der Waals surface area (Å²) in [6.45, 7) is 3.79. The van der Waals surface area contributed by atoms with Crippen LogP contribution in [0.5, 0.6) is 0 Å². The van der Waals surface area contributed by atoms with Gasteiger partial charge < -0.3 is 5.11 Å². The Morgan fingerprint density at radius 1 is 1.08 bits per heavy atom. The highest BCUT2D eigenvalue weighted by molar-refractivity contribution is 7.86. The molecule has 2 aromatic rings. The van der Waals surface area contributed by atoms with E-state index in [2.05, 4.69) is 9.44 Å². The molecule has 0 saturated heterocycles. The molecule has 0 heterocycles. The monoisotopic (exact) mass is 347 g/mol. The minimum atomic E-state index is -4.18. The van der Waals surface area contributed by atoms with Crippen molar-refractivity contribution in [2.24, 2.45) is 5.16 Å². The first-order valence-corrected chi connectivity index (χ1v) is 8.65. The van der Waals surface area contributed by atoms with Crippen LogP contribution in [0.15, 0.2) is 58.6 Å². The van der Waals surface area contributed by atoms with Crippen molar-refractivity contribution in [3.8, 4) is 0 Å². The van der Waals surface area contributed by atoms with Crippen molar-refractivity contribution in [2.45, 2.75) is 25.2 Å². The largest absolute Gasteiger partial charge is 0.476 e. The summed E-state index contributed by atoms with van der Waals surface area (Å²) in [6.07, 6.45) is 0.804. The lowest BCUT2D eigenvalue weighted by Gasteiger charge is -2.05. The molecule has 0 amide bonds. The van der Waals surface area contributed by atoms with Crippen molar-refractivity contribution < 1.29 is 22.6 Å². The number of carboxylic acid groups (broad SMARTS) is 1. The van der Waals surface area contributed by atoms with Crippen LogP contribution in [-0.4, -0.2) is 25.2 Å². The van der Waals surface area contributed by atoms with Crippen molar-refractivity contribution in [2.75, 3.05) is 0 Å². The molecular formula is C17H17NO5S. The molecular weight excluding hydrogens is 330 g/mol. The fourth-order valence-electron chi connectivity index (χ4n) is 1.95. The molecule has 0 spiro atoms. The van der Waals surface area contributed by atoms with Gasteiger partial charge in [-0.1, -0.05) is 54.0 Å². The lowest BCUT2D eigenvalue weighted by Crippen LogP contribution is -2.16. The molecule has 6 nitrogen and oxygen atoms in total. The number of hydrogen-bond donors (Lipinski definition) is 1. The Bertz CT molecular complexity index is 853. The van der Waals surface area contributed by atoms with E-state index >= 15 is 0 Å². The van der Waals surface area contributed by atoms with E-state index in [9.17, 15) is 18.3 Å². The molecule has 0 fully saturated rings. The van der Waals surface area contributed by atoms with Gasteiger partial charge in [0.25, 0.3) is 0 Å². The molecule has 0 aliphatic carbocycles. The Labute approximate surface area is 140 Å². The molecule has 0 bridgehead atoms. The maximum atomic E-state index is 12.1. The molecule has 2 rings (SSSR count). The second-order valence-corrected chi connectivity index (χ2v) is 6.67. The van der Waals surface area contributed by atoms with Crippen LogP contribution in [0.25, 0.3) is 0 Å². The molecule has 0 unspecified atom stereocenters.